The number of hydrogen-bond donors (Lipinski definition) is 0. The predicted molar refractivity (Wildman–Crippen MR) is 103 cm³/mol. The van der Waals surface area contributed by atoms with E-state index in [0.29, 0.717) is 43.1 Å². The quantitative estimate of drug-likeness (QED) is 0.610. The van der Waals surface area contributed by atoms with Crippen molar-refractivity contribution in [3.63, 3.8) is 0 Å². The van der Waals surface area contributed by atoms with Crippen LogP contribution in [0.15, 0.2) is 18.2 Å². The van der Waals surface area contributed by atoms with Gasteiger partial charge in [0.05, 0.1) is 39.2 Å². The molecule has 1 aromatic carbocycles. The largest absolute Gasteiger partial charge is 0.493 e. The molecule has 0 saturated carbocycles. The summed E-state index contributed by atoms with van der Waals surface area (Å²) < 4.78 is 40.8. The van der Waals surface area contributed by atoms with Crippen LogP contribution in [-0.4, -0.2) is 72.4 Å². The van der Waals surface area contributed by atoms with Gasteiger partial charge < -0.3 is 19.1 Å². The van der Waals surface area contributed by atoms with Crippen LogP contribution in [0.25, 0.3) is 0 Å². The number of nitrogens with zero attached hydrogens (tertiary/aromatic N) is 2. The fourth-order valence-electron chi connectivity index (χ4n) is 3.13. The molecule has 1 amide bonds. The second-order valence-electron chi connectivity index (χ2n) is 6.49. The standard InChI is InChI=1S/C18H26N2O7S/c1-25-15-6-5-14(11-16(15)26-2)20(28(4,23)24)12-17(21)19-9-7-13(8-10-19)18(22)27-3/h5-6,11,13H,7-10,12H2,1-4H3. The summed E-state index contributed by atoms with van der Waals surface area (Å²) in [6, 6.07) is 4.65. The first-order valence-electron chi connectivity index (χ1n) is 8.76. The van der Waals surface area contributed by atoms with E-state index in [0.717, 1.165) is 10.6 Å². The number of anilines is 1. The summed E-state index contributed by atoms with van der Waals surface area (Å²) in [5.74, 6) is -0.0273. The van der Waals surface area contributed by atoms with Gasteiger partial charge in [0.1, 0.15) is 6.54 Å². The number of rotatable bonds is 7. The highest BCUT2D eigenvalue weighted by Crippen LogP contribution is 2.32. The van der Waals surface area contributed by atoms with Crippen molar-refractivity contribution in [2.45, 2.75) is 12.8 Å². The lowest BCUT2D eigenvalue weighted by atomic mass is 9.97. The van der Waals surface area contributed by atoms with Gasteiger partial charge in [0.2, 0.25) is 15.9 Å². The number of esters is 1. The van der Waals surface area contributed by atoms with Crippen molar-refractivity contribution in [2.24, 2.45) is 5.92 Å². The zero-order chi connectivity index (χ0) is 20.9. The molecule has 0 atom stereocenters. The minimum atomic E-state index is -3.71. The second kappa shape index (κ2) is 9.13. The van der Waals surface area contributed by atoms with Crippen LogP contribution in [0.5, 0.6) is 11.5 Å². The number of hydrogen-bond acceptors (Lipinski definition) is 7. The Morgan fingerprint density at radius 1 is 1.11 bits per heavy atom. The SMILES string of the molecule is COC(=O)C1CCN(C(=O)CN(c2ccc(OC)c(OC)c2)S(C)(=O)=O)CC1. The van der Waals surface area contributed by atoms with E-state index >= 15 is 0 Å². The Morgan fingerprint density at radius 2 is 1.71 bits per heavy atom. The van der Waals surface area contributed by atoms with E-state index in [-0.39, 0.29) is 24.3 Å². The van der Waals surface area contributed by atoms with Crippen LogP contribution in [0.1, 0.15) is 12.8 Å². The molecule has 2 rings (SSSR count). The molecule has 1 aliphatic heterocycles. The molecule has 1 saturated heterocycles. The van der Waals surface area contributed by atoms with Gasteiger partial charge in [0.15, 0.2) is 11.5 Å². The van der Waals surface area contributed by atoms with Gasteiger partial charge in [-0.2, -0.15) is 0 Å². The Kier molecular flexibility index (Phi) is 7.11. The Labute approximate surface area is 165 Å². The minimum Gasteiger partial charge on any atom is -0.493 e. The van der Waals surface area contributed by atoms with Crippen LogP contribution in [0, 0.1) is 5.92 Å². The lowest BCUT2D eigenvalue weighted by Gasteiger charge is -2.32. The van der Waals surface area contributed by atoms with Crippen molar-refractivity contribution < 1.29 is 32.2 Å². The molecule has 156 valence electrons. The maximum absolute atomic E-state index is 12.7. The van der Waals surface area contributed by atoms with Gasteiger partial charge >= 0.3 is 5.97 Å². The van der Waals surface area contributed by atoms with Crippen molar-refractivity contribution in [3.05, 3.63) is 18.2 Å². The monoisotopic (exact) mass is 414 g/mol. The molecule has 0 aromatic heterocycles. The van der Waals surface area contributed by atoms with Gasteiger partial charge in [0, 0.05) is 19.2 Å². The number of carbonyl (C=O) groups excluding carboxylic acids is 2. The summed E-state index contributed by atoms with van der Waals surface area (Å²) in [6.07, 6.45) is 2.03. The van der Waals surface area contributed by atoms with E-state index in [2.05, 4.69) is 0 Å². The van der Waals surface area contributed by atoms with Crippen molar-refractivity contribution in [1.29, 1.82) is 0 Å². The normalized spacial score (nSPS) is 15.1. The summed E-state index contributed by atoms with van der Waals surface area (Å²) in [4.78, 5) is 25.9. The van der Waals surface area contributed by atoms with Crippen LogP contribution in [0.3, 0.4) is 0 Å². The molecule has 1 aromatic rings. The molecule has 28 heavy (non-hydrogen) atoms. The predicted octanol–water partition coefficient (Wildman–Crippen LogP) is 0.881. The zero-order valence-corrected chi connectivity index (χ0v) is 17.3. The Hall–Kier alpha value is -2.49. The van der Waals surface area contributed by atoms with Gasteiger partial charge in [-0.15, -0.1) is 0 Å². The summed E-state index contributed by atoms with van der Waals surface area (Å²) >= 11 is 0. The molecular formula is C18H26N2O7S. The highest BCUT2D eigenvalue weighted by Gasteiger charge is 2.30. The number of amides is 1. The lowest BCUT2D eigenvalue weighted by molar-refractivity contribution is -0.148. The Morgan fingerprint density at radius 3 is 2.21 bits per heavy atom. The zero-order valence-electron chi connectivity index (χ0n) is 16.5. The van der Waals surface area contributed by atoms with E-state index in [1.807, 2.05) is 0 Å². The highest BCUT2D eigenvalue weighted by atomic mass is 32.2. The van der Waals surface area contributed by atoms with Gasteiger partial charge in [-0.25, -0.2) is 8.42 Å². The molecule has 0 unspecified atom stereocenters. The third kappa shape index (κ3) is 5.06. The summed E-state index contributed by atoms with van der Waals surface area (Å²) in [5.41, 5.74) is 0.304. The van der Waals surface area contributed by atoms with Crippen LogP contribution in [-0.2, 0) is 24.3 Å². The van der Waals surface area contributed by atoms with Gasteiger partial charge in [-0.3, -0.25) is 13.9 Å². The molecule has 1 heterocycles. The van der Waals surface area contributed by atoms with E-state index in [9.17, 15) is 18.0 Å². The maximum Gasteiger partial charge on any atom is 0.308 e. The van der Waals surface area contributed by atoms with Crippen molar-refractivity contribution in [2.75, 3.05) is 51.5 Å². The molecule has 0 radical (unpaired) electrons. The molecule has 10 heteroatoms. The van der Waals surface area contributed by atoms with Crippen molar-refractivity contribution in [3.8, 4) is 11.5 Å². The Bertz CT molecular complexity index is 817. The molecule has 0 N–H and O–H groups in total. The first kappa shape index (κ1) is 21.8. The topological polar surface area (TPSA) is 102 Å². The van der Waals surface area contributed by atoms with E-state index < -0.39 is 10.0 Å². The van der Waals surface area contributed by atoms with E-state index in [4.69, 9.17) is 14.2 Å². The van der Waals surface area contributed by atoms with Crippen LogP contribution >= 0.6 is 0 Å². The highest BCUT2D eigenvalue weighted by molar-refractivity contribution is 7.92. The fraction of sp³-hybridized carbons (Fsp3) is 0.556. The number of piperidine rings is 1. The van der Waals surface area contributed by atoms with Crippen molar-refractivity contribution >= 4 is 27.6 Å². The van der Waals surface area contributed by atoms with Gasteiger partial charge in [-0.05, 0) is 25.0 Å². The Balaban J connectivity index is 2.16. The van der Waals surface area contributed by atoms with Crippen molar-refractivity contribution in [1.82, 2.24) is 4.90 Å². The van der Waals surface area contributed by atoms with Crippen LogP contribution < -0.4 is 13.8 Å². The summed E-state index contributed by atoms with van der Waals surface area (Å²) in [7, 11) is 0.558. The molecule has 1 fully saturated rings. The molecular weight excluding hydrogens is 388 g/mol. The minimum absolute atomic E-state index is 0.231. The first-order valence-corrected chi connectivity index (χ1v) is 10.6. The number of benzene rings is 1. The maximum atomic E-state index is 12.7. The average Bonchev–Trinajstić information content (AvgIpc) is 2.69. The smallest absolute Gasteiger partial charge is 0.308 e. The molecule has 0 spiro atoms. The average molecular weight is 414 g/mol. The second-order valence-corrected chi connectivity index (χ2v) is 8.39. The lowest BCUT2D eigenvalue weighted by Crippen LogP contribution is -2.46. The summed E-state index contributed by atoms with van der Waals surface area (Å²) in [5, 5.41) is 0. The molecule has 0 aliphatic carbocycles. The number of sulfonamides is 1. The van der Waals surface area contributed by atoms with Gasteiger partial charge in [-0.1, -0.05) is 0 Å². The van der Waals surface area contributed by atoms with Crippen LogP contribution in [0.4, 0.5) is 5.69 Å². The molecule has 1 aliphatic rings. The van der Waals surface area contributed by atoms with Crippen LogP contribution in [0.2, 0.25) is 0 Å². The number of methoxy groups -OCH3 is 3. The van der Waals surface area contributed by atoms with E-state index in [1.54, 1.807) is 17.0 Å². The third-order valence-electron chi connectivity index (χ3n) is 4.72. The third-order valence-corrected chi connectivity index (χ3v) is 5.86. The fourth-order valence-corrected chi connectivity index (χ4v) is 3.98. The molecule has 0 bridgehead atoms. The number of carbonyl (C=O) groups is 2. The summed E-state index contributed by atoms with van der Waals surface area (Å²) in [6.45, 7) is 0.418. The number of ether oxygens (including phenoxy) is 3. The first-order chi connectivity index (χ1) is 13.2. The molecule has 9 nitrogen and oxygen atoms in total. The number of likely N-dealkylation sites (tertiary alicyclic amines) is 1. The van der Waals surface area contributed by atoms with E-state index in [1.165, 1.54) is 27.4 Å². The van der Waals surface area contributed by atoms with Gasteiger partial charge in [0.25, 0.3) is 0 Å².